The van der Waals surface area contributed by atoms with E-state index in [1.165, 1.54) is 0 Å². The van der Waals surface area contributed by atoms with Crippen LogP contribution in [0.4, 0.5) is 23.5 Å². The van der Waals surface area contributed by atoms with Gasteiger partial charge < -0.3 is 5.73 Å². The Morgan fingerprint density at radius 3 is 2.70 bits per heavy atom. The Bertz CT molecular complexity index is 870. The number of nitrogen functional groups attached to an aromatic ring is 1. The standard InChI is InChI=1S/C10H8F4N8S/c1-22-6(11)3(5(20-22)10(12,13)14)2-23-8-4-7(19-21-18-4)16-9(15)17-8/h2H2,1H3,(H3,15,16,17,18,19,21). The van der Waals surface area contributed by atoms with Crippen LogP contribution in [0.25, 0.3) is 11.2 Å². The number of aromatic amines is 1. The zero-order valence-electron chi connectivity index (χ0n) is 11.4. The second-order valence-electron chi connectivity index (χ2n) is 4.41. The summed E-state index contributed by atoms with van der Waals surface area (Å²) in [7, 11) is 1.09. The molecule has 0 saturated heterocycles. The lowest BCUT2D eigenvalue weighted by Gasteiger charge is -2.06. The Balaban J connectivity index is 1.96. The molecule has 0 fully saturated rings. The van der Waals surface area contributed by atoms with Crippen molar-refractivity contribution in [2.24, 2.45) is 7.05 Å². The van der Waals surface area contributed by atoms with Crippen LogP contribution in [0, 0.1) is 5.95 Å². The molecule has 3 heterocycles. The monoisotopic (exact) mass is 348 g/mol. The fraction of sp³-hybridized carbons (Fsp3) is 0.300. The predicted molar refractivity (Wildman–Crippen MR) is 71.6 cm³/mol. The number of hydrogen-bond donors (Lipinski definition) is 2. The molecular formula is C10H8F4N8S. The predicted octanol–water partition coefficient (Wildman–Crippen LogP) is 1.51. The van der Waals surface area contributed by atoms with Crippen molar-refractivity contribution in [3.63, 3.8) is 0 Å². The first-order valence-corrected chi connectivity index (χ1v) is 7.01. The van der Waals surface area contributed by atoms with E-state index in [-0.39, 0.29) is 27.9 Å². The number of nitrogens with two attached hydrogens (primary N) is 1. The molecule has 122 valence electrons. The van der Waals surface area contributed by atoms with E-state index in [0.29, 0.717) is 4.68 Å². The number of nitrogens with one attached hydrogen (secondary N) is 1. The molecule has 0 bridgehead atoms. The van der Waals surface area contributed by atoms with Crippen molar-refractivity contribution in [2.45, 2.75) is 17.0 Å². The average molecular weight is 348 g/mol. The summed E-state index contributed by atoms with van der Waals surface area (Å²) in [5, 5.41) is 13.2. The van der Waals surface area contributed by atoms with E-state index in [4.69, 9.17) is 5.73 Å². The lowest BCUT2D eigenvalue weighted by Crippen LogP contribution is -2.09. The molecule has 0 aromatic carbocycles. The number of alkyl halides is 3. The molecule has 3 N–H and O–H groups in total. The molecular weight excluding hydrogens is 340 g/mol. The number of thioether (sulfide) groups is 1. The van der Waals surface area contributed by atoms with Crippen LogP contribution in [0.15, 0.2) is 5.03 Å². The number of aryl methyl sites for hydroxylation is 1. The lowest BCUT2D eigenvalue weighted by atomic mass is 10.2. The molecule has 0 radical (unpaired) electrons. The van der Waals surface area contributed by atoms with Crippen LogP contribution >= 0.6 is 11.8 Å². The molecule has 0 spiro atoms. The lowest BCUT2D eigenvalue weighted by molar-refractivity contribution is -0.141. The SMILES string of the molecule is Cn1nc(C(F)(F)F)c(CSc2nc(N)nc3n[nH]nc23)c1F. The number of hydrogen-bond acceptors (Lipinski definition) is 7. The Morgan fingerprint density at radius 2 is 2.00 bits per heavy atom. The highest BCUT2D eigenvalue weighted by molar-refractivity contribution is 7.98. The van der Waals surface area contributed by atoms with E-state index in [0.717, 1.165) is 18.8 Å². The molecule has 0 unspecified atom stereocenters. The van der Waals surface area contributed by atoms with Gasteiger partial charge in [-0.25, -0.2) is 9.67 Å². The normalized spacial score (nSPS) is 12.2. The maximum absolute atomic E-state index is 13.9. The fourth-order valence-electron chi connectivity index (χ4n) is 1.88. The van der Waals surface area contributed by atoms with Gasteiger partial charge in [-0.3, -0.25) is 0 Å². The van der Waals surface area contributed by atoms with Gasteiger partial charge in [0.25, 0.3) is 0 Å². The average Bonchev–Trinajstić information content (AvgIpc) is 3.02. The molecule has 0 aliphatic rings. The molecule has 0 aliphatic carbocycles. The molecule has 0 saturated carbocycles. The topological polar surface area (TPSA) is 111 Å². The van der Waals surface area contributed by atoms with E-state index in [1.807, 2.05) is 0 Å². The molecule has 3 aromatic heterocycles. The van der Waals surface area contributed by atoms with Crippen molar-refractivity contribution < 1.29 is 17.6 Å². The molecule has 3 aromatic rings. The second-order valence-corrected chi connectivity index (χ2v) is 5.37. The summed E-state index contributed by atoms with van der Waals surface area (Å²) in [5.41, 5.74) is 4.06. The first-order valence-electron chi connectivity index (χ1n) is 6.02. The largest absolute Gasteiger partial charge is 0.435 e. The van der Waals surface area contributed by atoms with Crippen LogP contribution in [0.5, 0.6) is 0 Å². The van der Waals surface area contributed by atoms with E-state index in [1.54, 1.807) is 0 Å². The van der Waals surface area contributed by atoms with Crippen LogP contribution in [0.2, 0.25) is 0 Å². The summed E-state index contributed by atoms with van der Waals surface area (Å²) < 4.78 is 53.2. The molecule has 0 amide bonds. The van der Waals surface area contributed by atoms with E-state index in [9.17, 15) is 17.6 Å². The number of fused-ring (bicyclic) bond motifs is 1. The van der Waals surface area contributed by atoms with Gasteiger partial charge in [0.05, 0.1) is 0 Å². The van der Waals surface area contributed by atoms with Crippen molar-refractivity contribution in [1.29, 1.82) is 0 Å². The van der Waals surface area contributed by atoms with Gasteiger partial charge in [0, 0.05) is 18.4 Å². The first kappa shape index (κ1) is 15.5. The van der Waals surface area contributed by atoms with Crippen molar-refractivity contribution in [3.8, 4) is 0 Å². The van der Waals surface area contributed by atoms with E-state index >= 15 is 0 Å². The van der Waals surface area contributed by atoms with Gasteiger partial charge in [0.1, 0.15) is 5.03 Å². The third-order valence-electron chi connectivity index (χ3n) is 2.86. The number of anilines is 1. The van der Waals surface area contributed by atoms with E-state index < -0.39 is 23.4 Å². The minimum atomic E-state index is -4.76. The molecule has 0 aliphatic heterocycles. The van der Waals surface area contributed by atoms with Gasteiger partial charge in [0.15, 0.2) is 11.2 Å². The number of nitrogens with zero attached hydrogens (tertiary/aromatic N) is 6. The molecule has 23 heavy (non-hydrogen) atoms. The van der Waals surface area contributed by atoms with Crippen LogP contribution in [0.1, 0.15) is 11.3 Å². The van der Waals surface area contributed by atoms with Gasteiger partial charge in [-0.2, -0.15) is 38.0 Å². The van der Waals surface area contributed by atoms with Crippen molar-refractivity contribution in [1.82, 2.24) is 35.2 Å². The Kier molecular flexibility index (Phi) is 3.58. The number of H-pyrrole nitrogens is 1. The van der Waals surface area contributed by atoms with E-state index in [2.05, 4.69) is 30.5 Å². The van der Waals surface area contributed by atoms with Gasteiger partial charge in [-0.05, 0) is 0 Å². The third kappa shape index (κ3) is 2.78. The Morgan fingerprint density at radius 1 is 1.26 bits per heavy atom. The summed E-state index contributed by atoms with van der Waals surface area (Å²) in [4.78, 5) is 7.70. The van der Waals surface area contributed by atoms with Crippen LogP contribution in [0.3, 0.4) is 0 Å². The quantitative estimate of drug-likeness (QED) is 0.419. The summed E-state index contributed by atoms with van der Waals surface area (Å²) in [6.45, 7) is 0. The number of halogens is 4. The van der Waals surface area contributed by atoms with Gasteiger partial charge in [0.2, 0.25) is 17.5 Å². The summed E-state index contributed by atoms with van der Waals surface area (Å²) in [6, 6.07) is 0. The summed E-state index contributed by atoms with van der Waals surface area (Å²) >= 11 is 0.833. The smallest absolute Gasteiger partial charge is 0.368 e. The van der Waals surface area contributed by atoms with Crippen LogP contribution in [-0.4, -0.2) is 35.2 Å². The minimum Gasteiger partial charge on any atom is -0.368 e. The molecule has 0 atom stereocenters. The maximum Gasteiger partial charge on any atom is 0.435 e. The van der Waals surface area contributed by atoms with Crippen molar-refractivity contribution >= 4 is 28.9 Å². The maximum atomic E-state index is 13.9. The summed E-state index contributed by atoms with van der Waals surface area (Å²) in [6.07, 6.45) is -4.76. The van der Waals surface area contributed by atoms with Crippen LogP contribution < -0.4 is 5.73 Å². The summed E-state index contributed by atoms with van der Waals surface area (Å²) in [5.74, 6) is -1.53. The molecule has 13 heteroatoms. The van der Waals surface area contributed by atoms with Crippen molar-refractivity contribution in [3.05, 3.63) is 17.2 Å². The highest BCUT2D eigenvalue weighted by Gasteiger charge is 2.39. The fourth-order valence-corrected chi connectivity index (χ4v) is 2.85. The zero-order valence-corrected chi connectivity index (χ0v) is 12.2. The van der Waals surface area contributed by atoms with Gasteiger partial charge >= 0.3 is 6.18 Å². The Hall–Kier alpha value is -2.44. The van der Waals surface area contributed by atoms with Crippen LogP contribution in [-0.2, 0) is 19.0 Å². The highest BCUT2D eigenvalue weighted by Crippen LogP contribution is 2.35. The van der Waals surface area contributed by atoms with Gasteiger partial charge in [-0.1, -0.05) is 11.8 Å². The molecule has 3 rings (SSSR count). The zero-order chi connectivity index (χ0) is 16.8. The van der Waals surface area contributed by atoms with Crippen molar-refractivity contribution in [2.75, 3.05) is 5.73 Å². The molecule has 8 nitrogen and oxygen atoms in total. The number of rotatable bonds is 3. The third-order valence-corrected chi connectivity index (χ3v) is 3.85. The number of aromatic nitrogens is 7. The Labute approximate surface area is 129 Å². The first-order chi connectivity index (χ1) is 10.8. The van der Waals surface area contributed by atoms with Gasteiger partial charge in [-0.15, -0.1) is 5.10 Å². The minimum absolute atomic E-state index is 0.114. The second kappa shape index (κ2) is 5.33. The highest BCUT2D eigenvalue weighted by atomic mass is 32.2.